The first kappa shape index (κ1) is 14.9. The van der Waals surface area contributed by atoms with Gasteiger partial charge in [0.2, 0.25) is 10.9 Å². The third kappa shape index (κ3) is 3.19. The molecule has 102 valence electrons. The second-order valence-electron chi connectivity index (χ2n) is 4.96. The minimum atomic E-state index is -0.350. The van der Waals surface area contributed by atoms with Gasteiger partial charge in [-0.3, -0.25) is 9.59 Å². The van der Waals surface area contributed by atoms with Crippen LogP contribution >= 0.6 is 0 Å². The summed E-state index contributed by atoms with van der Waals surface area (Å²) < 4.78 is 0. The summed E-state index contributed by atoms with van der Waals surface area (Å²) >= 11 is 0. The fraction of sp³-hybridized carbons (Fsp3) is 0.714. The quantitative estimate of drug-likeness (QED) is 0.713. The summed E-state index contributed by atoms with van der Waals surface area (Å²) in [7, 11) is 0. The van der Waals surface area contributed by atoms with Crippen molar-refractivity contribution in [2.24, 2.45) is 0 Å². The van der Waals surface area contributed by atoms with Gasteiger partial charge in [0.15, 0.2) is 0 Å². The lowest BCUT2D eigenvalue weighted by atomic mass is 9.96. The summed E-state index contributed by atoms with van der Waals surface area (Å²) in [6, 6.07) is 0. The van der Waals surface area contributed by atoms with E-state index in [1.165, 1.54) is 0 Å². The van der Waals surface area contributed by atoms with Crippen LogP contribution < -0.4 is 16.2 Å². The van der Waals surface area contributed by atoms with Crippen LogP contribution in [0.2, 0.25) is 0 Å². The van der Waals surface area contributed by atoms with Gasteiger partial charge in [-0.1, -0.05) is 27.7 Å². The molecule has 0 aromatic heterocycles. The van der Waals surface area contributed by atoms with Gasteiger partial charge in [0.25, 0.3) is 0 Å². The molecule has 0 radical (unpaired) electrons. The zero-order valence-corrected chi connectivity index (χ0v) is 11.9. The van der Waals surface area contributed by atoms with Gasteiger partial charge < -0.3 is 10.2 Å². The summed E-state index contributed by atoms with van der Waals surface area (Å²) in [5.74, 6) is 0.121. The van der Waals surface area contributed by atoms with Crippen molar-refractivity contribution in [3.05, 3.63) is 26.0 Å². The molecule has 18 heavy (non-hydrogen) atoms. The first-order valence-electron chi connectivity index (χ1n) is 6.82. The van der Waals surface area contributed by atoms with Gasteiger partial charge in [0.05, 0.1) is 5.69 Å². The number of likely N-dealkylation sites (N-methyl/N-ethyl adjacent to an activating group) is 1. The maximum Gasteiger partial charge on any atom is 0.249 e. The van der Waals surface area contributed by atoms with Crippen LogP contribution in [0.4, 0.5) is 5.69 Å². The zero-order chi connectivity index (χ0) is 13.7. The number of anilines is 1. The van der Waals surface area contributed by atoms with E-state index in [1.54, 1.807) is 0 Å². The molecule has 0 heterocycles. The van der Waals surface area contributed by atoms with Gasteiger partial charge in [-0.25, -0.2) is 0 Å². The number of hydrogen-bond donors (Lipinski definition) is 1. The van der Waals surface area contributed by atoms with E-state index >= 15 is 0 Å². The van der Waals surface area contributed by atoms with Crippen LogP contribution in [-0.2, 0) is 0 Å². The Morgan fingerprint density at radius 3 is 2.28 bits per heavy atom. The van der Waals surface area contributed by atoms with Crippen molar-refractivity contribution in [2.75, 3.05) is 31.5 Å². The van der Waals surface area contributed by atoms with Crippen LogP contribution in [0.1, 0.15) is 45.6 Å². The molecule has 4 heteroatoms. The molecule has 1 N–H and O–H groups in total. The highest BCUT2D eigenvalue weighted by Gasteiger charge is 2.22. The van der Waals surface area contributed by atoms with Crippen LogP contribution in [0.15, 0.2) is 9.59 Å². The highest BCUT2D eigenvalue weighted by molar-refractivity contribution is 5.57. The third-order valence-electron chi connectivity index (χ3n) is 3.24. The molecule has 0 amide bonds. The highest BCUT2D eigenvalue weighted by atomic mass is 16.2. The molecule has 0 unspecified atom stereocenters. The van der Waals surface area contributed by atoms with E-state index in [0.29, 0.717) is 11.3 Å². The normalized spacial score (nSPS) is 11.7. The Bertz CT molecular complexity index is 445. The first-order valence-corrected chi connectivity index (χ1v) is 6.82. The standard InChI is InChI=1S/C14H24N2O2/c1-5-8-16(6-2)9-7-15-12-11(10(3)4)13(17)14(12)18/h10,15H,5-9H2,1-4H3. The third-order valence-corrected chi connectivity index (χ3v) is 3.24. The molecule has 0 atom stereocenters. The van der Waals surface area contributed by atoms with Gasteiger partial charge >= 0.3 is 0 Å². The monoisotopic (exact) mass is 252 g/mol. The van der Waals surface area contributed by atoms with E-state index in [0.717, 1.165) is 32.6 Å². The van der Waals surface area contributed by atoms with Gasteiger partial charge in [-0.05, 0) is 25.4 Å². The Morgan fingerprint density at radius 2 is 1.78 bits per heavy atom. The molecule has 0 aliphatic heterocycles. The molecule has 0 bridgehead atoms. The Morgan fingerprint density at radius 1 is 1.11 bits per heavy atom. The lowest BCUT2D eigenvalue weighted by molar-refractivity contribution is 0.300. The Balaban J connectivity index is 2.52. The predicted molar refractivity (Wildman–Crippen MR) is 76.3 cm³/mol. The average Bonchev–Trinajstić information content (AvgIpc) is 2.35. The molecular weight excluding hydrogens is 228 g/mol. The minimum absolute atomic E-state index is 0.121. The largest absolute Gasteiger partial charge is 0.380 e. The van der Waals surface area contributed by atoms with Crippen LogP contribution in [0, 0.1) is 0 Å². The molecule has 0 saturated heterocycles. The summed E-state index contributed by atoms with van der Waals surface area (Å²) in [6.07, 6.45) is 1.13. The summed E-state index contributed by atoms with van der Waals surface area (Å²) in [5, 5.41) is 3.12. The number of nitrogens with zero attached hydrogens (tertiary/aromatic N) is 1. The van der Waals surface area contributed by atoms with E-state index in [9.17, 15) is 9.59 Å². The molecule has 0 spiro atoms. The SMILES string of the molecule is CCCN(CC)CCNc1c(C(C)C)c(=O)c1=O. The molecule has 0 saturated carbocycles. The molecule has 0 aliphatic rings. The molecule has 4 nitrogen and oxygen atoms in total. The van der Waals surface area contributed by atoms with Crippen molar-refractivity contribution in [3.63, 3.8) is 0 Å². The van der Waals surface area contributed by atoms with E-state index in [1.807, 2.05) is 13.8 Å². The van der Waals surface area contributed by atoms with E-state index < -0.39 is 0 Å². The number of hydrogen-bond acceptors (Lipinski definition) is 4. The number of nitrogens with one attached hydrogen (secondary N) is 1. The van der Waals surface area contributed by atoms with Crippen LogP contribution in [0.3, 0.4) is 0 Å². The topological polar surface area (TPSA) is 49.4 Å². The second-order valence-corrected chi connectivity index (χ2v) is 4.96. The van der Waals surface area contributed by atoms with Gasteiger partial charge in [-0.2, -0.15) is 0 Å². The maximum absolute atomic E-state index is 11.5. The Labute approximate surface area is 109 Å². The Hall–Kier alpha value is -1.16. The van der Waals surface area contributed by atoms with Crippen molar-refractivity contribution in [3.8, 4) is 0 Å². The van der Waals surface area contributed by atoms with Crippen molar-refractivity contribution in [2.45, 2.75) is 40.0 Å². The second kappa shape index (κ2) is 6.69. The molecule has 1 aromatic rings. The van der Waals surface area contributed by atoms with E-state index in [-0.39, 0.29) is 16.8 Å². The lowest BCUT2D eigenvalue weighted by Gasteiger charge is -2.21. The van der Waals surface area contributed by atoms with E-state index in [2.05, 4.69) is 24.1 Å². The summed E-state index contributed by atoms with van der Waals surface area (Å²) in [6.45, 7) is 11.9. The molecule has 1 aromatic carbocycles. The molecular formula is C14H24N2O2. The predicted octanol–water partition coefficient (Wildman–Crippen LogP) is 1.55. The molecule has 1 rings (SSSR count). The van der Waals surface area contributed by atoms with Gasteiger partial charge in [0, 0.05) is 18.7 Å². The van der Waals surface area contributed by atoms with Crippen LogP contribution in [-0.4, -0.2) is 31.1 Å². The molecule has 0 fully saturated rings. The van der Waals surface area contributed by atoms with Crippen molar-refractivity contribution < 1.29 is 0 Å². The zero-order valence-electron chi connectivity index (χ0n) is 11.9. The summed E-state index contributed by atoms with van der Waals surface area (Å²) in [5.41, 5.74) is 0.548. The van der Waals surface area contributed by atoms with Crippen LogP contribution in [0.25, 0.3) is 0 Å². The van der Waals surface area contributed by atoms with Crippen molar-refractivity contribution in [1.82, 2.24) is 4.90 Å². The fourth-order valence-corrected chi connectivity index (χ4v) is 2.22. The van der Waals surface area contributed by atoms with Gasteiger partial charge in [0.1, 0.15) is 0 Å². The smallest absolute Gasteiger partial charge is 0.249 e. The first-order chi connectivity index (χ1) is 8.52. The minimum Gasteiger partial charge on any atom is -0.380 e. The van der Waals surface area contributed by atoms with Crippen LogP contribution in [0.5, 0.6) is 0 Å². The van der Waals surface area contributed by atoms with Crippen molar-refractivity contribution in [1.29, 1.82) is 0 Å². The van der Waals surface area contributed by atoms with Crippen molar-refractivity contribution >= 4 is 5.69 Å². The van der Waals surface area contributed by atoms with E-state index in [4.69, 9.17) is 0 Å². The lowest BCUT2D eigenvalue weighted by Crippen LogP contribution is -2.40. The fourth-order valence-electron chi connectivity index (χ4n) is 2.22. The highest BCUT2D eigenvalue weighted by Crippen LogP contribution is 2.18. The average molecular weight is 252 g/mol. The van der Waals surface area contributed by atoms with Gasteiger partial charge in [-0.15, -0.1) is 0 Å². The number of rotatable bonds is 8. The Kier molecular flexibility index (Phi) is 5.54. The molecule has 0 aliphatic carbocycles. The summed E-state index contributed by atoms with van der Waals surface area (Å²) in [4.78, 5) is 25.2. The maximum atomic E-state index is 11.5.